The molecule has 4 rings (SSSR count). The molecule has 0 bridgehead atoms. The summed E-state index contributed by atoms with van der Waals surface area (Å²) in [6.45, 7) is 7.29. The summed E-state index contributed by atoms with van der Waals surface area (Å²) in [6.07, 6.45) is 10.6. The Labute approximate surface area is 176 Å². The minimum atomic E-state index is -0.672. The average Bonchev–Trinajstić information content (AvgIpc) is 3.04. The molecule has 29 heavy (non-hydrogen) atoms. The quantitative estimate of drug-likeness (QED) is 0.664. The minimum absolute atomic E-state index is 0.0948. The van der Waals surface area contributed by atoms with Crippen LogP contribution in [0, 0.1) is 46.3 Å². The zero-order valence-corrected chi connectivity index (χ0v) is 18.9. The molecule has 10 atom stereocenters. The van der Waals surface area contributed by atoms with Gasteiger partial charge in [-0.25, -0.2) is 0 Å². The molecule has 166 valence electrons. The van der Waals surface area contributed by atoms with E-state index in [1.165, 1.54) is 25.7 Å². The molecule has 0 heterocycles. The minimum Gasteiger partial charge on any atom is -0.481 e. The van der Waals surface area contributed by atoms with Gasteiger partial charge in [-0.05, 0) is 104 Å². The maximum absolute atomic E-state index is 11.1. The van der Waals surface area contributed by atoms with E-state index in [-0.39, 0.29) is 24.0 Å². The van der Waals surface area contributed by atoms with Crippen LogP contribution in [0.4, 0.5) is 0 Å². The van der Waals surface area contributed by atoms with Crippen molar-refractivity contribution in [3.05, 3.63) is 0 Å². The lowest BCUT2D eigenvalue weighted by molar-refractivity contribution is -0.183. The van der Waals surface area contributed by atoms with Crippen LogP contribution >= 0.6 is 0 Å². The summed E-state index contributed by atoms with van der Waals surface area (Å²) in [5, 5.41) is 19.4. The van der Waals surface area contributed by atoms with Gasteiger partial charge in [0, 0.05) is 13.5 Å². The van der Waals surface area contributed by atoms with Crippen molar-refractivity contribution in [3.63, 3.8) is 0 Å². The van der Waals surface area contributed by atoms with Crippen molar-refractivity contribution in [3.8, 4) is 0 Å². The van der Waals surface area contributed by atoms with E-state index < -0.39 is 5.97 Å². The number of carboxylic acid groups (broad SMARTS) is 1. The molecule has 0 aromatic heterocycles. The molecule has 0 spiro atoms. The van der Waals surface area contributed by atoms with Crippen molar-refractivity contribution < 1.29 is 19.7 Å². The smallest absolute Gasteiger partial charge is 0.303 e. The zero-order valence-electron chi connectivity index (χ0n) is 18.9. The molecule has 0 saturated heterocycles. The van der Waals surface area contributed by atoms with Gasteiger partial charge >= 0.3 is 5.97 Å². The Morgan fingerprint density at radius 3 is 2.55 bits per heavy atom. The lowest BCUT2D eigenvalue weighted by Crippen LogP contribution is -2.59. The molecule has 0 radical (unpaired) electrons. The number of aliphatic carboxylic acids is 1. The maximum Gasteiger partial charge on any atom is 0.303 e. The van der Waals surface area contributed by atoms with Gasteiger partial charge in [-0.2, -0.15) is 0 Å². The molecule has 0 aromatic carbocycles. The van der Waals surface area contributed by atoms with Crippen molar-refractivity contribution in [2.45, 2.75) is 97.2 Å². The Kier molecular flexibility index (Phi) is 5.83. The molecule has 0 aliphatic heterocycles. The molecule has 4 nitrogen and oxygen atoms in total. The highest BCUT2D eigenvalue weighted by Gasteiger charge is 2.64. The van der Waals surface area contributed by atoms with Gasteiger partial charge in [-0.3, -0.25) is 4.79 Å². The van der Waals surface area contributed by atoms with Gasteiger partial charge in [0.25, 0.3) is 0 Å². The second kappa shape index (κ2) is 7.82. The second-order valence-electron chi connectivity index (χ2n) is 11.5. The highest BCUT2D eigenvalue weighted by atomic mass is 16.5. The number of carbonyl (C=O) groups is 1. The molecule has 4 heteroatoms. The zero-order chi connectivity index (χ0) is 21.0. The Hall–Kier alpha value is -0.610. The lowest BCUT2D eigenvalue weighted by Gasteiger charge is -2.63. The predicted molar refractivity (Wildman–Crippen MR) is 113 cm³/mol. The second-order valence-corrected chi connectivity index (χ2v) is 11.5. The first-order valence-corrected chi connectivity index (χ1v) is 12.1. The van der Waals surface area contributed by atoms with E-state index in [0.717, 1.165) is 38.0 Å². The van der Waals surface area contributed by atoms with Gasteiger partial charge in [0.15, 0.2) is 0 Å². The van der Waals surface area contributed by atoms with E-state index in [4.69, 9.17) is 9.84 Å². The van der Waals surface area contributed by atoms with Gasteiger partial charge in [0.05, 0.1) is 12.2 Å². The van der Waals surface area contributed by atoms with Crippen molar-refractivity contribution in [2.24, 2.45) is 46.3 Å². The largest absolute Gasteiger partial charge is 0.481 e. The number of methoxy groups -OCH3 is 1. The van der Waals surface area contributed by atoms with Gasteiger partial charge in [0.2, 0.25) is 0 Å². The van der Waals surface area contributed by atoms with Gasteiger partial charge in [0.1, 0.15) is 0 Å². The first-order chi connectivity index (χ1) is 13.7. The third kappa shape index (κ3) is 3.37. The summed E-state index contributed by atoms with van der Waals surface area (Å²) in [6, 6.07) is 0. The predicted octanol–water partition coefficient (Wildman–Crippen LogP) is 5.13. The Bertz CT molecular complexity index is 620. The molecule has 0 aromatic rings. The average molecular weight is 407 g/mol. The number of hydrogen-bond acceptors (Lipinski definition) is 3. The van der Waals surface area contributed by atoms with Crippen LogP contribution in [0.3, 0.4) is 0 Å². The standard InChI is InChI=1S/C25H42O4/c1-15(5-10-23(27)28)19-8-9-20-18-7-6-16-13-17(26)11-12-24(16,2)21(18)14-22(29-4)25(19,20)3/h15-22,26H,5-14H2,1-4H3,(H,27,28)/t15-,16-,17-,18+,19-,20+,21+,22+,24+,25-/m1/s1. The summed E-state index contributed by atoms with van der Waals surface area (Å²) >= 11 is 0. The van der Waals surface area contributed by atoms with Crippen molar-refractivity contribution >= 4 is 5.97 Å². The first-order valence-electron chi connectivity index (χ1n) is 12.1. The molecule has 4 aliphatic rings. The summed E-state index contributed by atoms with van der Waals surface area (Å²) in [7, 11) is 1.90. The summed E-state index contributed by atoms with van der Waals surface area (Å²) in [4.78, 5) is 11.1. The van der Waals surface area contributed by atoms with Crippen LogP contribution in [0.15, 0.2) is 0 Å². The fourth-order valence-corrected chi connectivity index (χ4v) is 9.04. The van der Waals surface area contributed by atoms with Gasteiger partial charge in [-0.1, -0.05) is 20.8 Å². The first kappa shape index (κ1) is 21.6. The fourth-order valence-electron chi connectivity index (χ4n) is 9.04. The fraction of sp³-hybridized carbons (Fsp3) is 0.960. The SMILES string of the molecule is CO[C@H]1C[C@H]2[C@@H](CC[C@@H]3C[C@H](O)CC[C@@]32C)[C@@H]2CC[C@H]([C@H](C)CCC(=O)O)[C@@]12C. The summed E-state index contributed by atoms with van der Waals surface area (Å²) in [5.74, 6) is 3.19. The molecular weight excluding hydrogens is 364 g/mol. The molecule has 4 saturated carbocycles. The lowest BCUT2D eigenvalue weighted by atomic mass is 9.43. The van der Waals surface area contributed by atoms with Gasteiger partial charge < -0.3 is 14.9 Å². The number of rotatable bonds is 5. The monoisotopic (exact) mass is 406 g/mol. The third-order valence-corrected chi connectivity index (χ3v) is 10.6. The van der Waals surface area contributed by atoms with Crippen molar-refractivity contribution in [2.75, 3.05) is 7.11 Å². The topological polar surface area (TPSA) is 66.8 Å². The van der Waals surface area contributed by atoms with E-state index >= 15 is 0 Å². The Morgan fingerprint density at radius 2 is 1.86 bits per heavy atom. The van der Waals surface area contributed by atoms with E-state index in [9.17, 15) is 9.90 Å². The van der Waals surface area contributed by atoms with Crippen LogP contribution in [0.2, 0.25) is 0 Å². The van der Waals surface area contributed by atoms with Crippen molar-refractivity contribution in [1.29, 1.82) is 0 Å². The maximum atomic E-state index is 11.1. The number of carboxylic acids is 1. The number of fused-ring (bicyclic) bond motifs is 5. The number of aliphatic hydroxyl groups excluding tert-OH is 1. The Morgan fingerprint density at radius 1 is 1.10 bits per heavy atom. The van der Waals surface area contributed by atoms with Gasteiger partial charge in [-0.15, -0.1) is 0 Å². The molecule has 2 N–H and O–H groups in total. The molecule has 4 fully saturated rings. The van der Waals surface area contributed by atoms with E-state index in [2.05, 4.69) is 20.8 Å². The van der Waals surface area contributed by atoms with Crippen LogP contribution in [-0.2, 0) is 9.53 Å². The summed E-state index contributed by atoms with van der Waals surface area (Å²) in [5.41, 5.74) is 0.526. The number of hydrogen-bond donors (Lipinski definition) is 2. The normalized spacial score (nSPS) is 50.3. The highest BCUT2D eigenvalue weighted by molar-refractivity contribution is 5.66. The third-order valence-electron chi connectivity index (χ3n) is 10.6. The molecule has 0 unspecified atom stereocenters. The van der Waals surface area contributed by atoms with E-state index in [1.807, 2.05) is 7.11 Å². The number of ether oxygens (including phenoxy) is 1. The van der Waals surface area contributed by atoms with Crippen LogP contribution in [0.25, 0.3) is 0 Å². The van der Waals surface area contributed by atoms with E-state index in [0.29, 0.717) is 35.0 Å². The van der Waals surface area contributed by atoms with Crippen molar-refractivity contribution in [1.82, 2.24) is 0 Å². The van der Waals surface area contributed by atoms with Crippen LogP contribution in [0.1, 0.15) is 85.0 Å². The van der Waals surface area contributed by atoms with Crippen LogP contribution in [0.5, 0.6) is 0 Å². The van der Waals surface area contributed by atoms with Crippen LogP contribution in [-0.4, -0.2) is 35.5 Å². The number of aliphatic hydroxyl groups is 1. The molecular formula is C25H42O4. The van der Waals surface area contributed by atoms with Crippen LogP contribution < -0.4 is 0 Å². The highest BCUT2D eigenvalue weighted by Crippen LogP contribution is 2.68. The Balaban J connectivity index is 1.60. The molecule has 0 amide bonds. The van der Waals surface area contributed by atoms with E-state index in [1.54, 1.807) is 0 Å². The molecule has 4 aliphatic carbocycles. The summed E-state index contributed by atoms with van der Waals surface area (Å²) < 4.78 is 6.24.